The number of hydrogen-bond donors (Lipinski definition) is 1. The van der Waals surface area contributed by atoms with Gasteiger partial charge in [0, 0.05) is 30.7 Å². The maximum absolute atomic E-state index is 11.9. The summed E-state index contributed by atoms with van der Waals surface area (Å²) in [6.07, 6.45) is 5.75. The molecule has 18 heavy (non-hydrogen) atoms. The van der Waals surface area contributed by atoms with Crippen LogP contribution < -0.4 is 5.32 Å². The van der Waals surface area contributed by atoms with E-state index in [1.807, 2.05) is 0 Å². The van der Waals surface area contributed by atoms with Gasteiger partial charge >= 0.3 is 0 Å². The molecule has 0 spiro atoms. The summed E-state index contributed by atoms with van der Waals surface area (Å²) in [5, 5.41) is 10.6. The van der Waals surface area contributed by atoms with Gasteiger partial charge in [-0.2, -0.15) is 0 Å². The van der Waals surface area contributed by atoms with E-state index in [0.717, 1.165) is 19.4 Å². The summed E-state index contributed by atoms with van der Waals surface area (Å²) in [7, 11) is 0. The molecule has 6 nitrogen and oxygen atoms in total. The highest BCUT2D eigenvalue weighted by Gasteiger charge is 2.53. The molecule has 1 aromatic heterocycles. The van der Waals surface area contributed by atoms with Crippen molar-refractivity contribution in [1.29, 1.82) is 0 Å². The fourth-order valence-corrected chi connectivity index (χ4v) is 3.23. The van der Waals surface area contributed by atoms with Crippen molar-refractivity contribution in [3.8, 4) is 0 Å². The van der Waals surface area contributed by atoms with Crippen LogP contribution in [0.2, 0.25) is 0 Å². The Balaban J connectivity index is 1.57. The normalized spacial score (nSPS) is 33.8. The molecule has 1 saturated heterocycles. The van der Waals surface area contributed by atoms with Crippen LogP contribution in [0.5, 0.6) is 0 Å². The number of nitrogens with zero attached hydrogens (tertiary/aromatic N) is 3. The van der Waals surface area contributed by atoms with Gasteiger partial charge in [0.25, 0.3) is 0 Å². The van der Waals surface area contributed by atoms with Crippen LogP contribution in [0, 0.1) is 11.8 Å². The lowest BCUT2D eigenvalue weighted by Crippen LogP contribution is -2.61. The quantitative estimate of drug-likeness (QED) is 0.829. The maximum atomic E-state index is 11.9. The third-order valence-electron chi connectivity index (χ3n) is 4.10. The number of nitrogens with one attached hydrogen (secondary N) is 1. The number of hydrogen-bond acceptors (Lipinski definition) is 4. The first-order valence-electron chi connectivity index (χ1n) is 6.54. The lowest BCUT2D eigenvalue weighted by Gasteiger charge is -2.47. The minimum atomic E-state index is 0.00861. The van der Waals surface area contributed by atoms with E-state index < -0.39 is 0 Å². The summed E-state index contributed by atoms with van der Waals surface area (Å²) in [4.78, 5) is 11.9. The minimum absolute atomic E-state index is 0.00861. The van der Waals surface area contributed by atoms with Gasteiger partial charge in [-0.05, 0) is 12.8 Å². The Bertz CT molecular complexity index is 420. The highest BCUT2D eigenvalue weighted by Crippen LogP contribution is 2.45. The molecule has 2 heterocycles. The van der Waals surface area contributed by atoms with Gasteiger partial charge in [-0.3, -0.25) is 4.79 Å². The Morgan fingerprint density at radius 2 is 2.50 bits per heavy atom. The number of amides is 1. The number of carbonyl (C=O) groups is 1. The van der Waals surface area contributed by atoms with Crippen molar-refractivity contribution in [3.63, 3.8) is 0 Å². The molecule has 1 aromatic rings. The predicted molar refractivity (Wildman–Crippen MR) is 63.6 cm³/mol. The summed E-state index contributed by atoms with van der Waals surface area (Å²) in [5.41, 5.74) is 0. The van der Waals surface area contributed by atoms with Crippen LogP contribution in [0.15, 0.2) is 12.4 Å². The summed E-state index contributed by atoms with van der Waals surface area (Å²) in [6, 6.07) is 0.276. The minimum Gasteiger partial charge on any atom is -0.377 e. The molecular formula is C12H18N4O2. The SMILES string of the molecule is CC[C@H]1[C@@H](NC(=O)Cn2ccnn2)[C@H]2CCO[C@H]21. The molecule has 1 N–H and O–H groups in total. The molecule has 98 valence electrons. The monoisotopic (exact) mass is 250 g/mol. The molecule has 2 aliphatic rings. The number of aromatic nitrogens is 3. The number of carbonyl (C=O) groups excluding carboxylic acids is 1. The van der Waals surface area contributed by atoms with E-state index in [1.165, 1.54) is 4.68 Å². The molecule has 0 bridgehead atoms. The second-order valence-electron chi connectivity index (χ2n) is 5.05. The van der Waals surface area contributed by atoms with E-state index >= 15 is 0 Å². The van der Waals surface area contributed by atoms with Crippen molar-refractivity contribution >= 4 is 5.91 Å². The van der Waals surface area contributed by atoms with E-state index in [2.05, 4.69) is 22.6 Å². The number of ether oxygens (including phenoxy) is 1. The summed E-state index contributed by atoms with van der Waals surface area (Å²) < 4.78 is 7.23. The molecule has 3 rings (SSSR count). The van der Waals surface area contributed by atoms with Crippen LogP contribution in [0.25, 0.3) is 0 Å². The van der Waals surface area contributed by atoms with Gasteiger partial charge in [0.1, 0.15) is 6.54 Å². The standard InChI is InChI=1S/C12H18N4O2/c1-2-8-11(9-3-6-18-12(8)9)14-10(17)7-16-5-4-13-15-16/h4-5,8-9,11-12H,2-3,6-7H2,1H3,(H,14,17)/t8-,9+,11+,12-/m0/s1. The van der Waals surface area contributed by atoms with Gasteiger partial charge in [-0.15, -0.1) is 5.10 Å². The number of fused-ring (bicyclic) bond motifs is 1. The van der Waals surface area contributed by atoms with Crippen LogP contribution >= 0.6 is 0 Å². The van der Waals surface area contributed by atoms with E-state index in [0.29, 0.717) is 17.9 Å². The zero-order valence-corrected chi connectivity index (χ0v) is 10.5. The molecule has 0 unspecified atom stereocenters. The van der Waals surface area contributed by atoms with Crippen LogP contribution in [0.4, 0.5) is 0 Å². The predicted octanol–water partition coefficient (Wildman–Crippen LogP) is 0.208. The molecule has 0 radical (unpaired) electrons. The second-order valence-corrected chi connectivity index (χ2v) is 5.05. The first kappa shape index (κ1) is 11.6. The maximum Gasteiger partial charge on any atom is 0.242 e. The van der Waals surface area contributed by atoms with E-state index in [-0.39, 0.29) is 18.5 Å². The fourth-order valence-electron chi connectivity index (χ4n) is 3.23. The molecule has 1 aliphatic carbocycles. The Morgan fingerprint density at radius 3 is 3.22 bits per heavy atom. The van der Waals surface area contributed by atoms with Gasteiger partial charge in [0.05, 0.1) is 12.3 Å². The summed E-state index contributed by atoms with van der Waals surface area (Å²) in [6.45, 7) is 3.23. The van der Waals surface area contributed by atoms with Crippen LogP contribution in [-0.2, 0) is 16.1 Å². The molecule has 1 saturated carbocycles. The summed E-state index contributed by atoms with van der Waals surface area (Å²) >= 11 is 0. The number of rotatable bonds is 4. The van der Waals surface area contributed by atoms with Gasteiger partial charge in [0.2, 0.25) is 5.91 Å². The third kappa shape index (κ3) is 1.90. The molecule has 4 atom stereocenters. The fraction of sp³-hybridized carbons (Fsp3) is 0.750. The van der Waals surface area contributed by atoms with Gasteiger partial charge < -0.3 is 10.1 Å². The van der Waals surface area contributed by atoms with E-state index in [9.17, 15) is 4.79 Å². The Morgan fingerprint density at radius 1 is 1.61 bits per heavy atom. The van der Waals surface area contributed by atoms with Crippen molar-refractivity contribution in [3.05, 3.63) is 12.4 Å². The topological polar surface area (TPSA) is 69.0 Å². The Labute approximate surface area is 106 Å². The zero-order valence-electron chi connectivity index (χ0n) is 10.5. The average molecular weight is 250 g/mol. The molecule has 2 fully saturated rings. The summed E-state index contributed by atoms with van der Waals surface area (Å²) in [5.74, 6) is 0.987. The van der Waals surface area contributed by atoms with Gasteiger partial charge in [-0.1, -0.05) is 12.1 Å². The zero-order chi connectivity index (χ0) is 12.5. The smallest absolute Gasteiger partial charge is 0.242 e. The Kier molecular flexibility index (Phi) is 3.03. The van der Waals surface area contributed by atoms with Crippen molar-refractivity contribution in [2.45, 2.75) is 38.5 Å². The van der Waals surface area contributed by atoms with Crippen LogP contribution in [0.3, 0.4) is 0 Å². The van der Waals surface area contributed by atoms with Crippen molar-refractivity contribution in [2.75, 3.05) is 6.61 Å². The third-order valence-corrected chi connectivity index (χ3v) is 4.10. The van der Waals surface area contributed by atoms with E-state index in [1.54, 1.807) is 12.4 Å². The Hall–Kier alpha value is -1.43. The van der Waals surface area contributed by atoms with Gasteiger partial charge in [-0.25, -0.2) is 4.68 Å². The van der Waals surface area contributed by atoms with Crippen molar-refractivity contribution in [1.82, 2.24) is 20.3 Å². The first-order chi connectivity index (χ1) is 8.79. The van der Waals surface area contributed by atoms with E-state index in [4.69, 9.17) is 4.74 Å². The second kappa shape index (κ2) is 4.68. The molecule has 1 aliphatic heterocycles. The van der Waals surface area contributed by atoms with Crippen LogP contribution in [-0.4, -0.2) is 39.7 Å². The highest BCUT2D eigenvalue weighted by molar-refractivity contribution is 5.76. The first-order valence-corrected chi connectivity index (χ1v) is 6.54. The highest BCUT2D eigenvalue weighted by atomic mass is 16.5. The lowest BCUT2D eigenvalue weighted by molar-refractivity contribution is -0.128. The molecule has 1 amide bonds. The van der Waals surface area contributed by atoms with Gasteiger partial charge in [0.15, 0.2) is 0 Å². The lowest BCUT2D eigenvalue weighted by atomic mass is 9.66. The molecular weight excluding hydrogens is 232 g/mol. The molecule has 6 heteroatoms. The average Bonchev–Trinajstić information content (AvgIpc) is 2.97. The van der Waals surface area contributed by atoms with Crippen LogP contribution in [0.1, 0.15) is 19.8 Å². The molecule has 0 aromatic carbocycles. The largest absolute Gasteiger partial charge is 0.377 e. The van der Waals surface area contributed by atoms with Crippen molar-refractivity contribution < 1.29 is 9.53 Å². The van der Waals surface area contributed by atoms with Crippen molar-refractivity contribution in [2.24, 2.45) is 11.8 Å².